The molecule has 5 nitrogen and oxygen atoms in total. The molecule has 37 heavy (non-hydrogen) atoms. The van der Waals surface area contributed by atoms with E-state index < -0.39 is 5.41 Å². The Morgan fingerprint density at radius 1 is 1.05 bits per heavy atom. The van der Waals surface area contributed by atoms with Crippen LogP contribution in [0.25, 0.3) is 11.3 Å². The minimum absolute atomic E-state index is 0.147. The lowest BCUT2D eigenvalue weighted by Crippen LogP contribution is -2.27. The van der Waals surface area contributed by atoms with Gasteiger partial charge in [0.1, 0.15) is 23.8 Å². The minimum atomic E-state index is -0.438. The summed E-state index contributed by atoms with van der Waals surface area (Å²) in [4.78, 5) is 15.4. The maximum Gasteiger partial charge on any atom is 0.242 e. The molecule has 0 bridgehead atoms. The summed E-state index contributed by atoms with van der Waals surface area (Å²) >= 11 is 13.0. The third-order valence-corrected chi connectivity index (χ3v) is 8.36. The Morgan fingerprint density at radius 2 is 1.78 bits per heavy atom. The fraction of sp³-hybridized carbons (Fsp3) is 0.267. The van der Waals surface area contributed by atoms with Crippen LogP contribution in [-0.2, 0) is 16.8 Å². The van der Waals surface area contributed by atoms with E-state index in [1.54, 1.807) is 12.1 Å². The maximum absolute atomic E-state index is 13.5. The number of hydrogen-bond acceptors (Lipinski definition) is 4. The zero-order valence-corrected chi connectivity index (χ0v) is 21.8. The number of benzene rings is 3. The van der Waals surface area contributed by atoms with Crippen LogP contribution in [0.1, 0.15) is 54.1 Å². The molecule has 2 heterocycles. The molecule has 2 fully saturated rings. The third-order valence-electron chi connectivity index (χ3n) is 7.73. The summed E-state index contributed by atoms with van der Waals surface area (Å²) in [5, 5.41) is 5.40. The molecule has 3 aliphatic rings. The molecule has 0 unspecified atom stereocenters. The van der Waals surface area contributed by atoms with Crippen LogP contribution in [-0.4, -0.2) is 11.1 Å². The highest BCUT2D eigenvalue weighted by Gasteiger charge is 2.59. The van der Waals surface area contributed by atoms with E-state index in [0.717, 1.165) is 59.5 Å². The van der Waals surface area contributed by atoms with Gasteiger partial charge in [0.2, 0.25) is 5.91 Å². The lowest BCUT2D eigenvalue weighted by molar-refractivity contribution is -0.119. The Hall–Kier alpha value is -3.28. The number of halogens is 2. The van der Waals surface area contributed by atoms with Crippen LogP contribution in [0.3, 0.4) is 0 Å². The number of rotatable bonds is 6. The second kappa shape index (κ2) is 8.37. The average molecular weight is 531 g/mol. The summed E-state index contributed by atoms with van der Waals surface area (Å²) in [7, 11) is 0. The molecule has 1 aliphatic heterocycles. The van der Waals surface area contributed by atoms with Gasteiger partial charge in [-0.15, -0.1) is 0 Å². The highest BCUT2D eigenvalue weighted by molar-refractivity contribution is 6.39. The smallest absolute Gasteiger partial charge is 0.242 e. The van der Waals surface area contributed by atoms with E-state index in [1.807, 2.05) is 60.4 Å². The topological polar surface area (TPSA) is 55.6 Å². The van der Waals surface area contributed by atoms with Crippen LogP contribution in [0.15, 0.2) is 65.2 Å². The van der Waals surface area contributed by atoms with Crippen molar-refractivity contribution in [3.63, 3.8) is 0 Å². The normalized spacial score (nSPS) is 17.4. The van der Waals surface area contributed by atoms with E-state index in [0.29, 0.717) is 33.0 Å². The molecule has 4 aromatic rings. The Morgan fingerprint density at radius 3 is 2.46 bits per heavy atom. The summed E-state index contributed by atoms with van der Waals surface area (Å²) < 4.78 is 12.1. The van der Waals surface area contributed by atoms with Crippen molar-refractivity contribution < 1.29 is 14.1 Å². The van der Waals surface area contributed by atoms with E-state index in [-0.39, 0.29) is 12.5 Å². The first-order chi connectivity index (χ1) is 18.0. The van der Waals surface area contributed by atoms with Gasteiger partial charge in [-0.05, 0) is 80.6 Å². The lowest BCUT2D eigenvalue weighted by Gasteiger charge is -2.18. The summed E-state index contributed by atoms with van der Waals surface area (Å²) in [6, 6.07) is 19.5. The number of hydrogen-bond donors (Lipinski definition) is 0. The van der Waals surface area contributed by atoms with Gasteiger partial charge in [0.15, 0.2) is 0 Å². The van der Waals surface area contributed by atoms with Gasteiger partial charge in [0, 0.05) is 17.2 Å². The zero-order valence-electron chi connectivity index (χ0n) is 20.3. The first kappa shape index (κ1) is 22.9. The van der Waals surface area contributed by atoms with Gasteiger partial charge in [-0.1, -0.05) is 52.1 Å². The van der Waals surface area contributed by atoms with Crippen LogP contribution in [0.5, 0.6) is 5.75 Å². The number of anilines is 2. The fourth-order valence-electron chi connectivity index (χ4n) is 5.38. The highest BCUT2D eigenvalue weighted by Crippen LogP contribution is 2.59. The molecule has 7 heteroatoms. The molecule has 0 radical (unpaired) electrons. The van der Waals surface area contributed by atoms with Crippen molar-refractivity contribution in [2.75, 3.05) is 4.90 Å². The van der Waals surface area contributed by atoms with Gasteiger partial charge in [-0.3, -0.25) is 9.69 Å². The van der Waals surface area contributed by atoms with Crippen molar-refractivity contribution in [1.82, 2.24) is 5.16 Å². The molecular weight excluding hydrogens is 507 g/mol. The van der Waals surface area contributed by atoms with E-state index in [4.69, 9.17) is 32.5 Å². The standard InChI is InChI=1S/C30H24Cl2N2O3/c1-17-5-9-19(10-6-17)34-25-12-11-20(15-22(25)30(13-14-30)29(34)35)36-16-21-27(33-37-28(21)18-7-8-18)26-23(31)3-2-4-24(26)32/h2-6,9-12,15,18H,7-8,13-14,16H2,1H3. The molecule has 3 aromatic carbocycles. The Bertz CT molecular complexity index is 1530. The van der Waals surface area contributed by atoms with Gasteiger partial charge in [-0.25, -0.2) is 0 Å². The predicted molar refractivity (Wildman–Crippen MR) is 144 cm³/mol. The average Bonchev–Trinajstić information content (AvgIpc) is 3.82. The van der Waals surface area contributed by atoms with Gasteiger partial charge < -0.3 is 9.26 Å². The number of aromatic nitrogens is 1. The SMILES string of the molecule is Cc1ccc(N2C(=O)C3(CC3)c3cc(OCc4c(-c5c(Cl)cccc5Cl)noc4C4CC4)ccc32)cc1. The van der Waals surface area contributed by atoms with Crippen molar-refractivity contribution in [2.24, 2.45) is 0 Å². The zero-order chi connectivity index (χ0) is 25.3. The van der Waals surface area contributed by atoms with Gasteiger partial charge >= 0.3 is 0 Å². The van der Waals surface area contributed by atoms with Crippen molar-refractivity contribution >= 4 is 40.5 Å². The van der Waals surface area contributed by atoms with Crippen LogP contribution < -0.4 is 9.64 Å². The minimum Gasteiger partial charge on any atom is -0.489 e. The van der Waals surface area contributed by atoms with Crippen LogP contribution >= 0.6 is 23.2 Å². The number of carbonyl (C=O) groups is 1. The Balaban J connectivity index is 1.22. The number of amides is 1. The van der Waals surface area contributed by atoms with Crippen molar-refractivity contribution in [2.45, 2.75) is 50.5 Å². The van der Waals surface area contributed by atoms with Gasteiger partial charge in [0.05, 0.1) is 26.7 Å². The monoisotopic (exact) mass is 530 g/mol. The van der Waals surface area contributed by atoms with E-state index in [1.165, 1.54) is 0 Å². The number of fused-ring (bicyclic) bond motifs is 2. The summed E-state index contributed by atoms with van der Waals surface area (Å²) in [6.07, 6.45) is 3.85. The van der Waals surface area contributed by atoms with Crippen LogP contribution in [0.2, 0.25) is 10.0 Å². The molecule has 0 N–H and O–H groups in total. The molecule has 0 atom stereocenters. The van der Waals surface area contributed by atoms with Crippen molar-refractivity contribution in [3.05, 3.63) is 93.2 Å². The molecule has 0 saturated heterocycles. The highest BCUT2D eigenvalue weighted by atomic mass is 35.5. The molecule has 1 spiro atoms. The van der Waals surface area contributed by atoms with Gasteiger partial charge in [0.25, 0.3) is 0 Å². The van der Waals surface area contributed by atoms with Crippen LogP contribution in [0, 0.1) is 6.92 Å². The lowest BCUT2D eigenvalue weighted by atomic mass is 9.98. The molecular formula is C30H24Cl2N2O3. The van der Waals surface area contributed by atoms with Crippen molar-refractivity contribution in [1.29, 1.82) is 0 Å². The molecule has 1 amide bonds. The third kappa shape index (κ3) is 3.67. The van der Waals surface area contributed by atoms with E-state index in [2.05, 4.69) is 5.16 Å². The first-order valence-corrected chi connectivity index (χ1v) is 13.3. The second-order valence-electron chi connectivity index (χ2n) is 10.3. The largest absolute Gasteiger partial charge is 0.489 e. The number of ether oxygens (including phenoxy) is 1. The molecule has 2 saturated carbocycles. The summed E-state index contributed by atoms with van der Waals surface area (Å²) in [5.74, 6) is 2.04. The quantitative estimate of drug-likeness (QED) is 0.252. The van der Waals surface area contributed by atoms with E-state index >= 15 is 0 Å². The second-order valence-corrected chi connectivity index (χ2v) is 11.1. The predicted octanol–water partition coefficient (Wildman–Crippen LogP) is 8.12. The molecule has 186 valence electrons. The number of carbonyl (C=O) groups excluding carboxylic acids is 1. The molecule has 2 aliphatic carbocycles. The fourth-order valence-corrected chi connectivity index (χ4v) is 5.96. The molecule has 1 aromatic heterocycles. The Kier molecular flexibility index (Phi) is 5.18. The summed E-state index contributed by atoms with van der Waals surface area (Å²) in [5.41, 5.74) is 5.75. The summed E-state index contributed by atoms with van der Waals surface area (Å²) in [6.45, 7) is 2.32. The molecule has 7 rings (SSSR count). The Labute approximate surface area is 224 Å². The number of aryl methyl sites for hydroxylation is 1. The number of nitrogens with zero attached hydrogens (tertiary/aromatic N) is 2. The van der Waals surface area contributed by atoms with E-state index in [9.17, 15) is 4.79 Å². The first-order valence-electron chi connectivity index (χ1n) is 12.6. The van der Waals surface area contributed by atoms with Crippen molar-refractivity contribution in [3.8, 4) is 17.0 Å². The maximum atomic E-state index is 13.5. The van der Waals surface area contributed by atoms with Gasteiger partial charge in [-0.2, -0.15) is 0 Å². The van der Waals surface area contributed by atoms with Crippen LogP contribution in [0.4, 0.5) is 11.4 Å².